The number of hydrogen-bond acceptors (Lipinski definition) is 5. The van der Waals surface area contributed by atoms with E-state index < -0.39 is 11.9 Å². The number of benzene rings is 2. The summed E-state index contributed by atoms with van der Waals surface area (Å²) in [6.07, 6.45) is 2.21. The Balaban J connectivity index is 1.91. The molecule has 1 amide bonds. The Morgan fingerprint density at radius 1 is 0.958 bits per heavy atom. The number of amides is 1. The lowest BCUT2D eigenvalue weighted by molar-refractivity contribution is -0.137. The Bertz CT molecular complexity index is 738. The van der Waals surface area contributed by atoms with Gasteiger partial charge >= 0.3 is 5.97 Å². The van der Waals surface area contributed by atoms with E-state index in [1.807, 2.05) is 30.3 Å². The first-order valence-electron chi connectivity index (χ1n) is 7.40. The van der Waals surface area contributed by atoms with E-state index in [1.165, 1.54) is 0 Å². The van der Waals surface area contributed by atoms with E-state index in [-0.39, 0.29) is 6.61 Å². The first kappa shape index (κ1) is 17.1. The monoisotopic (exact) mass is 323 g/mol. The fraction of sp³-hybridized carbons (Fsp3) is 0.111. The zero-order valence-corrected chi connectivity index (χ0v) is 13.2. The zero-order valence-electron chi connectivity index (χ0n) is 13.2. The number of carbonyl (C=O) groups excluding carboxylic acids is 2. The number of azo groups is 1. The summed E-state index contributed by atoms with van der Waals surface area (Å²) in [5, 5.41) is 10.9. The molecule has 2 rings (SSSR count). The minimum Gasteiger partial charge on any atom is -0.463 e. The average molecular weight is 323 g/mol. The second kappa shape index (κ2) is 8.99. The van der Waals surface area contributed by atoms with Gasteiger partial charge in [-0.05, 0) is 43.3 Å². The van der Waals surface area contributed by atoms with Gasteiger partial charge in [-0.1, -0.05) is 18.2 Å². The van der Waals surface area contributed by atoms with Gasteiger partial charge in [-0.25, -0.2) is 4.79 Å². The fourth-order valence-electron chi connectivity index (χ4n) is 1.74. The van der Waals surface area contributed by atoms with Gasteiger partial charge in [0.25, 0.3) is 0 Å². The molecule has 0 heterocycles. The lowest BCUT2D eigenvalue weighted by atomic mass is 10.3. The molecule has 0 bridgehead atoms. The van der Waals surface area contributed by atoms with Gasteiger partial charge in [0.15, 0.2) is 0 Å². The molecule has 0 saturated carbocycles. The predicted octanol–water partition coefficient (Wildman–Crippen LogP) is 4.16. The maximum Gasteiger partial charge on any atom is 0.330 e. The van der Waals surface area contributed by atoms with Crippen LogP contribution in [0.15, 0.2) is 77.0 Å². The first-order valence-corrected chi connectivity index (χ1v) is 7.40. The van der Waals surface area contributed by atoms with E-state index in [1.54, 1.807) is 31.2 Å². The van der Waals surface area contributed by atoms with Crippen LogP contribution in [0.2, 0.25) is 0 Å². The standard InChI is InChI=1S/C18H17N3O3/c1-2-24-18(23)13-12-17(22)19-14-8-10-16(11-9-14)21-20-15-6-4-3-5-7-15/h3-13H,2H2,1H3,(H,19,22). The average Bonchev–Trinajstić information content (AvgIpc) is 2.61. The van der Waals surface area contributed by atoms with Gasteiger partial charge in [0.05, 0.1) is 18.0 Å². The summed E-state index contributed by atoms with van der Waals surface area (Å²) >= 11 is 0. The number of rotatable bonds is 6. The summed E-state index contributed by atoms with van der Waals surface area (Å²) in [6, 6.07) is 16.3. The molecule has 1 N–H and O–H groups in total. The number of ether oxygens (including phenoxy) is 1. The number of carbonyl (C=O) groups is 2. The third-order valence-corrected chi connectivity index (χ3v) is 2.83. The molecule has 24 heavy (non-hydrogen) atoms. The van der Waals surface area contributed by atoms with E-state index in [0.29, 0.717) is 11.4 Å². The van der Waals surface area contributed by atoms with Crippen molar-refractivity contribution in [2.24, 2.45) is 10.2 Å². The third-order valence-electron chi connectivity index (χ3n) is 2.83. The van der Waals surface area contributed by atoms with Crippen LogP contribution in [0.5, 0.6) is 0 Å². The summed E-state index contributed by atoms with van der Waals surface area (Å²) in [6.45, 7) is 1.96. The van der Waals surface area contributed by atoms with Crippen LogP contribution >= 0.6 is 0 Å². The predicted molar refractivity (Wildman–Crippen MR) is 91.5 cm³/mol. The first-order chi connectivity index (χ1) is 11.7. The molecule has 122 valence electrons. The number of nitrogens with one attached hydrogen (secondary N) is 1. The SMILES string of the molecule is CCOC(=O)C=CC(=O)Nc1ccc(N=Nc2ccccc2)cc1. The molecule has 2 aromatic carbocycles. The lowest BCUT2D eigenvalue weighted by Gasteiger charge is -2.02. The van der Waals surface area contributed by atoms with Crippen LogP contribution < -0.4 is 5.32 Å². The normalized spacial score (nSPS) is 10.9. The van der Waals surface area contributed by atoms with E-state index in [2.05, 4.69) is 15.5 Å². The highest BCUT2D eigenvalue weighted by atomic mass is 16.5. The Morgan fingerprint density at radius 3 is 2.21 bits per heavy atom. The van der Waals surface area contributed by atoms with E-state index in [4.69, 9.17) is 4.74 Å². The van der Waals surface area contributed by atoms with Crippen molar-refractivity contribution < 1.29 is 14.3 Å². The summed E-state index contributed by atoms with van der Waals surface area (Å²) in [5.74, 6) is -0.967. The molecule has 0 spiro atoms. The van der Waals surface area contributed by atoms with Crippen molar-refractivity contribution >= 4 is 28.9 Å². The van der Waals surface area contributed by atoms with Crippen LogP contribution in [0.3, 0.4) is 0 Å². The van der Waals surface area contributed by atoms with Crippen LogP contribution in [0.1, 0.15) is 6.92 Å². The molecule has 6 nitrogen and oxygen atoms in total. The minimum atomic E-state index is -0.552. The number of esters is 1. The van der Waals surface area contributed by atoms with Gasteiger partial charge in [0.2, 0.25) is 5.91 Å². The van der Waals surface area contributed by atoms with E-state index in [9.17, 15) is 9.59 Å². The van der Waals surface area contributed by atoms with Crippen molar-refractivity contribution in [2.75, 3.05) is 11.9 Å². The number of anilines is 1. The minimum absolute atomic E-state index is 0.268. The Kier molecular flexibility index (Phi) is 6.40. The molecule has 0 saturated heterocycles. The molecule has 0 atom stereocenters. The molecular formula is C18H17N3O3. The molecule has 2 aromatic rings. The van der Waals surface area contributed by atoms with Gasteiger partial charge in [0, 0.05) is 17.8 Å². The molecule has 0 aliphatic heterocycles. The van der Waals surface area contributed by atoms with Crippen molar-refractivity contribution in [3.8, 4) is 0 Å². The number of hydrogen-bond donors (Lipinski definition) is 1. The summed E-state index contributed by atoms with van der Waals surface area (Å²) in [7, 11) is 0. The van der Waals surface area contributed by atoms with Crippen LogP contribution in [0.25, 0.3) is 0 Å². The van der Waals surface area contributed by atoms with Crippen molar-refractivity contribution in [1.82, 2.24) is 0 Å². The highest BCUT2D eigenvalue weighted by molar-refractivity contribution is 6.02. The second-order valence-corrected chi connectivity index (χ2v) is 4.66. The Hall–Kier alpha value is -3.28. The lowest BCUT2D eigenvalue weighted by Crippen LogP contribution is -2.09. The molecule has 0 unspecified atom stereocenters. The molecule has 0 aliphatic rings. The van der Waals surface area contributed by atoms with Gasteiger partial charge in [-0.2, -0.15) is 10.2 Å². The van der Waals surface area contributed by atoms with Crippen LogP contribution in [-0.2, 0) is 14.3 Å². The molecular weight excluding hydrogens is 306 g/mol. The van der Waals surface area contributed by atoms with E-state index >= 15 is 0 Å². The molecule has 0 fully saturated rings. The fourth-order valence-corrected chi connectivity index (χ4v) is 1.74. The van der Waals surface area contributed by atoms with Crippen molar-refractivity contribution in [1.29, 1.82) is 0 Å². The molecule has 0 radical (unpaired) electrons. The van der Waals surface area contributed by atoms with Gasteiger partial charge in [-0.15, -0.1) is 0 Å². The third kappa shape index (κ3) is 5.84. The Labute approximate surface area is 139 Å². The summed E-state index contributed by atoms with van der Waals surface area (Å²) < 4.78 is 4.69. The van der Waals surface area contributed by atoms with Crippen LogP contribution in [0.4, 0.5) is 17.1 Å². The van der Waals surface area contributed by atoms with Crippen molar-refractivity contribution in [3.05, 3.63) is 66.7 Å². The van der Waals surface area contributed by atoms with Crippen LogP contribution in [-0.4, -0.2) is 18.5 Å². The van der Waals surface area contributed by atoms with Gasteiger partial charge < -0.3 is 10.1 Å². The quantitative estimate of drug-likeness (QED) is 0.492. The summed E-state index contributed by atoms with van der Waals surface area (Å²) in [5.41, 5.74) is 2.02. The smallest absolute Gasteiger partial charge is 0.330 e. The molecule has 6 heteroatoms. The molecule has 0 aliphatic carbocycles. The maximum atomic E-state index is 11.7. The zero-order chi connectivity index (χ0) is 17.2. The highest BCUT2D eigenvalue weighted by Gasteiger charge is 2.00. The maximum absolute atomic E-state index is 11.7. The summed E-state index contributed by atoms with van der Waals surface area (Å²) in [4.78, 5) is 22.8. The largest absolute Gasteiger partial charge is 0.463 e. The van der Waals surface area contributed by atoms with Gasteiger partial charge in [0.1, 0.15) is 0 Å². The highest BCUT2D eigenvalue weighted by Crippen LogP contribution is 2.19. The van der Waals surface area contributed by atoms with Crippen LogP contribution in [0, 0.1) is 0 Å². The molecule has 0 aromatic heterocycles. The van der Waals surface area contributed by atoms with Gasteiger partial charge in [-0.3, -0.25) is 4.79 Å². The van der Waals surface area contributed by atoms with Crippen molar-refractivity contribution in [3.63, 3.8) is 0 Å². The van der Waals surface area contributed by atoms with E-state index in [0.717, 1.165) is 17.8 Å². The topological polar surface area (TPSA) is 80.1 Å². The Morgan fingerprint density at radius 2 is 1.58 bits per heavy atom. The second-order valence-electron chi connectivity index (χ2n) is 4.66. The van der Waals surface area contributed by atoms with Crippen molar-refractivity contribution in [2.45, 2.75) is 6.92 Å². The number of nitrogens with zero attached hydrogens (tertiary/aromatic N) is 2.